The Morgan fingerprint density at radius 2 is 1.91 bits per heavy atom. The largest absolute Gasteiger partial charge is 0.0625 e. The van der Waals surface area contributed by atoms with E-state index >= 15 is 0 Å². The topological polar surface area (TPSA) is 0 Å². The minimum Gasteiger partial charge on any atom is -0.0625 e. The molecule has 2 aliphatic rings. The Morgan fingerprint density at radius 3 is 2.45 bits per heavy atom. The second-order valence-electron chi connectivity index (χ2n) is 4.48. The summed E-state index contributed by atoms with van der Waals surface area (Å²) in [7, 11) is 0. The summed E-state index contributed by atoms with van der Waals surface area (Å²) in [6.45, 7) is 2.42. The fourth-order valence-electron chi connectivity index (χ4n) is 2.59. The van der Waals surface area contributed by atoms with E-state index < -0.39 is 0 Å². The van der Waals surface area contributed by atoms with Gasteiger partial charge in [0.1, 0.15) is 0 Å². The van der Waals surface area contributed by atoms with Crippen molar-refractivity contribution in [2.45, 2.75) is 51.9 Å². The van der Waals surface area contributed by atoms with E-state index in [9.17, 15) is 0 Å². The lowest BCUT2D eigenvalue weighted by molar-refractivity contribution is 0.253. The molecule has 1 radical (unpaired) electrons. The van der Waals surface area contributed by atoms with Crippen LogP contribution in [0.25, 0.3) is 0 Å². The second kappa shape index (κ2) is 3.16. The third-order valence-corrected chi connectivity index (χ3v) is 3.51. The first-order chi connectivity index (χ1) is 5.36. The van der Waals surface area contributed by atoms with Crippen molar-refractivity contribution in [1.29, 1.82) is 0 Å². The van der Waals surface area contributed by atoms with Gasteiger partial charge in [-0.15, -0.1) is 0 Å². The molecule has 2 rings (SSSR count). The molecular formula is C11H19. The molecule has 0 aromatic rings. The van der Waals surface area contributed by atoms with Crippen LogP contribution in [0.5, 0.6) is 0 Å². The predicted molar refractivity (Wildman–Crippen MR) is 48.2 cm³/mol. The molecule has 11 heavy (non-hydrogen) atoms. The van der Waals surface area contributed by atoms with Crippen LogP contribution < -0.4 is 0 Å². The van der Waals surface area contributed by atoms with Gasteiger partial charge in [0.2, 0.25) is 0 Å². The van der Waals surface area contributed by atoms with Crippen LogP contribution in [-0.2, 0) is 0 Å². The third-order valence-electron chi connectivity index (χ3n) is 3.51. The molecule has 2 aliphatic carbocycles. The van der Waals surface area contributed by atoms with Crippen molar-refractivity contribution >= 4 is 0 Å². The molecule has 2 atom stereocenters. The molecule has 2 fully saturated rings. The Labute approximate surface area is 70.4 Å². The van der Waals surface area contributed by atoms with Gasteiger partial charge in [0.25, 0.3) is 0 Å². The van der Waals surface area contributed by atoms with Crippen LogP contribution in [0, 0.1) is 17.8 Å². The van der Waals surface area contributed by atoms with E-state index in [2.05, 4.69) is 6.92 Å². The first kappa shape index (κ1) is 7.64. The maximum atomic E-state index is 2.42. The van der Waals surface area contributed by atoms with Crippen molar-refractivity contribution in [3.63, 3.8) is 0 Å². The van der Waals surface area contributed by atoms with Gasteiger partial charge in [0.05, 0.1) is 0 Å². The van der Waals surface area contributed by atoms with E-state index in [0.717, 1.165) is 11.8 Å². The Kier molecular flexibility index (Phi) is 2.20. The summed E-state index contributed by atoms with van der Waals surface area (Å²) in [4.78, 5) is 0. The molecule has 0 bridgehead atoms. The smallest absolute Gasteiger partial charge is 0.0210 e. The molecule has 0 heterocycles. The highest BCUT2D eigenvalue weighted by molar-refractivity contribution is 5.04. The molecule has 0 N–H and O–H groups in total. The number of hydrogen-bond acceptors (Lipinski definition) is 0. The van der Waals surface area contributed by atoms with Gasteiger partial charge in [0.15, 0.2) is 0 Å². The summed E-state index contributed by atoms with van der Waals surface area (Å²) in [5.74, 6) is 3.98. The van der Waals surface area contributed by atoms with E-state index in [1.807, 2.05) is 5.92 Å². The quantitative estimate of drug-likeness (QED) is 0.537. The maximum absolute atomic E-state index is 2.42. The zero-order valence-corrected chi connectivity index (χ0v) is 7.60. The third kappa shape index (κ3) is 1.60. The summed E-state index contributed by atoms with van der Waals surface area (Å²) < 4.78 is 0. The highest BCUT2D eigenvalue weighted by Gasteiger charge is 2.30. The molecule has 0 aromatic carbocycles. The Bertz CT molecular complexity index is 124. The van der Waals surface area contributed by atoms with Gasteiger partial charge in [-0.3, -0.25) is 0 Å². The van der Waals surface area contributed by atoms with Crippen molar-refractivity contribution in [2.24, 2.45) is 11.8 Å². The first-order valence-electron chi connectivity index (χ1n) is 5.21. The Hall–Kier alpha value is 0. The van der Waals surface area contributed by atoms with E-state index in [0.29, 0.717) is 0 Å². The number of hydrogen-bond donors (Lipinski definition) is 0. The molecule has 0 spiro atoms. The molecule has 0 amide bonds. The van der Waals surface area contributed by atoms with Crippen molar-refractivity contribution in [2.75, 3.05) is 0 Å². The van der Waals surface area contributed by atoms with Gasteiger partial charge in [-0.2, -0.15) is 0 Å². The van der Waals surface area contributed by atoms with Crippen molar-refractivity contribution in [3.8, 4) is 0 Å². The fourth-order valence-corrected chi connectivity index (χ4v) is 2.59. The van der Waals surface area contributed by atoms with E-state index in [1.165, 1.54) is 44.9 Å². The standard InChI is InChI=1S/C11H19/c1-9-4-2-7-11(8-9)10-5-3-6-10/h9,11H,2-8H2,1H3. The second-order valence-corrected chi connectivity index (χ2v) is 4.48. The van der Waals surface area contributed by atoms with Crippen LogP contribution in [0.1, 0.15) is 51.9 Å². The molecule has 0 aromatic heterocycles. The normalized spacial score (nSPS) is 40.1. The summed E-state index contributed by atoms with van der Waals surface area (Å²) in [6.07, 6.45) is 10.4. The van der Waals surface area contributed by atoms with Crippen LogP contribution in [0.15, 0.2) is 0 Å². The molecule has 2 saturated carbocycles. The average molecular weight is 151 g/mol. The highest BCUT2D eigenvalue weighted by Crippen LogP contribution is 2.43. The molecule has 2 unspecified atom stereocenters. The van der Waals surface area contributed by atoms with Crippen LogP contribution in [0.3, 0.4) is 0 Å². The van der Waals surface area contributed by atoms with Gasteiger partial charge in [-0.1, -0.05) is 26.2 Å². The van der Waals surface area contributed by atoms with Gasteiger partial charge < -0.3 is 0 Å². The van der Waals surface area contributed by atoms with Crippen LogP contribution in [0.4, 0.5) is 0 Å². The SMILES string of the molecule is CC1CCCC([C]2CCC2)C1. The summed E-state index contributed by atoms with van der Waals surface area (Å²) in [6, 6.07) is 0. The lowest BCUT2D eigenvalue weighted by Gasteiger charge is -2.37. The minimum absolute atomic E-state index is 1.02. The minimum atomic E-state index is 1.02. The Balaban J connectivity index is 1.82. The van der Waals surface area contributed by atoms with Crippen molar-refractivity contribution < 1.29 is 0 Å². The van der Waals surface area contributed by atoms with Crippen molar-refractivity contribution in [1.82, 2.24) is 0 Å². The molecule has 0 heteroatoms. The molecule has 63 valence electrons. The first-order valence-corrected chi connectivity index (χ1v) is 5.21. The number of rotatable bonds is 1. The summed E-state index contributed by atoms with van der Waals surface area (Å²) >= 11 is 0. The van der Waals surface area contributed by atoms with Gasteiger partial charge >= 0.3 is 0 Å². The fraction of sp³-hybridized carbons (Fsp3) is 0.909. The predicted octanol–water partition coefficient (Wildman–Crippen LogP) is 3.57. The lowest BCUT2D eigenvalue weighted by Crippen LogP contribution is -2.24. The van der Waals surface area contributed by atoms with Crippen LogP contribution >= 0.6 is 0 Å². The summed E-state index contributed by atoms with van der Waals surface area (Å²) in [5, 5.41) is 0. The zero-order valence-electron chi connectivity index (χ0n) is 7.60. The van der Waals surface area contributed by atoms with Gasteiger partial charge in [-0.25, -0.2) is 0 Å². The maximum Gasteiger partial charge on any atom is -0.0210 e. The van der Waals surface area contributed by atoms with Gasteiger partial charge in [-0.05, 0) is 43.4 Å². The van der Waals surface area contributed by atoms with Crippen LogP contribution in [0.2, 0.25) is 0 Å². The zero-order chi connectivity index (χ0) is 7.68. The average Bonchev–Trinajstić information content (AvgIpc) is 1.83. The molecule has 0 saturated heterocycles. The lowest BCUT2D eigenvalue weighted by atomic mass is 9.68. The van der Waals surface area contributed by atoms with E-state index in [4.69, 9.17) is 0 Å². The van der Waals surface area contributed by atoms with Crippen molar-refractivity contribution in [3.05, 3.63) is 5.92 Å². The Morgan fingerprint density at radius 1 is 1.09 bits per heavy atom. The molecule has 0 aliphatic heterocycles. The highest BCUT2D eigenvalue weighted by atomic mass is 14.4. The molecular weight excluding hydrogens is 132 g/mol. The van der Waals surface area contributed by atoms with E-state index in [-0.39, 0.29) is 0 Å². The van der Waals surface area contributed by atoms with Crippen LogP contribution in [-0.4, -0.2) is 0 Å². The van der Waals surface area contributed by atoms with E-state index in [1.54, 1.807) is 0 Å². The van der Waals surface area contributed by atoms with Gasteiger partial charge in [0, 0.05) is 0 Å². The summed E-state index contributed by atoms with van der Waals surface area (Å²) in [5.41, 5.74) is 0. The molecule has 0 nitrogen and oxygen atoms in total. The monoisotopic (exact) mass is 151 g/mol.